The van der Waals surface area contributed by atoms with E-state index in [0.29, 0.717) is 5.92 Å². The number of benzene rings is 1. The zero-order valence-corrected chi connectivity index (χ0v) is 10.4. The number of hydrogen-bond donors (Lipinski definition) is 0. The molecule has 0 aliphatic rings. The Balaban J connectivity index is 2.38. The van der Waals surface area contributed by atoms with Crippen LogP contribution < -0.4 is 0 Å². The molecule has 1 heterocycles. The summed E-state index contributed by atoms with van der Waals surface area (Å²) in [6.07, 6.45) is 1.91. The minimum Gasteiger partial charge on any atom is -0.238 e. The zero-order valence-electron chi connectivity index (χ0n) is 10.4. The molecule has 2 heteroatoms. The Kier molecular flexibility index (Phi) is 2.82. The fourth-order valence-electron chi connectivity index (χ4n) is 1.75. The number of nitrogens with zero attached hydrogens (tertiary/aromatic N) is 2. The Bertz CT molecular complexity index is 478. The van der Waals surface area contributed by atoms with E-state index in [1.54, 1.807) is 0 Å². The van der Waals surface area contributed by atoms with Crippen LogP contribution in [-0.4, -0.2) is 9.78 Å². The lowest BCUT2D eigenvalue weighted by atomic mass is 10.0. The van der Waals surface area contributed by atoms with Crippen LogP contribution in [0.1, 0.15) is 36.6 Å². The molecule has 1 aromatic carbocycles. The Hall–Kier alpha value is -1.57. The van der Waals surface area contributed by atoms with Gasteiger partial charge in [0.05, 0.1) is 11.9 Å². The summed E-state index contributed by atoms with van der Waals surface area (Å²) >= 11 is 0. The largest absolute Gasteiger partial charge is 0.238 e. The fourth-order valence-corrected chi connectivity index (χ4v) is 1.75. The van der Waals surface area contributed by atoms with E-state index in [2.05, 4.69) is 57.1 Å². The van der Waals surface area contributed by atoms with Crippen molar-refractivity contribution in [2.24, 2.45) is 0 Å². The highest BCUT2D eigenvalue weighted by Gasteiger charge is 2.05. The van der Waals surface area contributed by atoms with Gasteiger partial charge >= 0.3 is 0 Å². The molecular weight excluding hydrogens is 196 g/mol. The Morgan fingerprint density at radius 3 is 2.12 bits per heavy atom. The zero-order chi connectivity index (χ0) is 11.7. The highest BCUT2D eigenvalue weighted by atomic mass is 15.3. The van der Waals surface area contributed by atoms with Crippen molar-refractivity contribution in [3.8, 4) is 5.69 Å². The molecule has 0 unspecified atom stereocenters. The smallest absolute Gasteiger partial charge is 0.0648 e. The average molecular weight is 214 g/mol. The molecule has 2 rings (SSSR count). The van der Waals surface area contributed by atoms with Crippen molar-refractivity contribution in [2.75, 3.05) is 0 Å². The molecule has 0 fully saturated rings. The predicted octanol–water partition coefficient (Wildman–Crippen LogP) is 3.61. The van der Waals surface area contributed by atoms with E-state index in [1.807, 2.05) is 10.9 Å². The summed E-state index contributed by atoms with van der Waals surface area (Å²) in [5.74, 6) is 0.578. The van der Waals surface area contributed by atoms with Crippen LogP contribution in [0.5, 0.6) is 0 Å². The van der Waals surface area contributed by atoms with Gasteiger partial charge in [-0.05, 0) is 43.0 Å². The van der Waals surface area contributed by atoms with Crippen molar-refractivity contribution in [3.63, 3.8) is 0 Å². The quantitative estimate of drug-likeness (QED) is 0.746. The normalized spacial score (nSPS) is 11.1. The van der Waals surface area contributed by atoms with Gasteiger partial charge in [0.25, 0.3) is 0 Å². The van der Waals surface area contributed by atoms with Crippen LogP contribution in [-0.2, 0) is 0 Å². The van der Waals surface area contributed by atoms with Gasteiger partial charge in [-0.3, -0.25) is 0 Å². The van der Waals surface area contributed by atoms with E-state index in [0.717, 1.165) is 5.69 Å². The second-order valence-corrected chi connectivity index (χ2v) is 4.57. The van der Waals surface area contributed by atoms with Gasteiger partial charge in [0, 0.05) is 5.69 Å². The van der Waals surface area contributed by atoms with Crippen LogP contribution in [0, 0.1) is 13.8 Å². The second kappa shape index (κ2) is 4.12. The molecule has 84 valence electrons. The molecular formula is C14H18N2. The maximum Gasteiger partial charge on any atom is 0.0648 e. The monoisotopic (exact) mass is 214 g/mol. The molecule has 0 bridgehead atoms. The highest BCUT2D eigenvalue weighted by Crippen LogP contribution is 2.18. The van der Waals surface area contributed by atoms with Crippen LogP contribution in [0.3, 0.4) is 0 Å². The van der Waals surface area contributed by atoms with Crippen LogP contribution in [0.25, 0.3) is 5.69 Å². The molecule has 0 spiro atoms. The van der Waals surface area contributed by atoms with Gasteiger partial charge in [-0.25, -0.2) is 4.68 Å². The first-order valence-corrected chi connectivity index (χ1v) is 5.71. The van der Waals surface area contributed by atoms with Crippen molar-refractivity contribution in [1.82, 2.24) is 9.78 Å². The summed E-state index contributed by atoms with van der Waals surface area (Å²) in [5, 5.41) is 4.38. The molecule has 16 heavy (non-hydrogen) atoms. The maximum atomic E-state index is 4.38. The number of aromatic nitrogens is 2. The van der Waals surface area contributed by atoms with Gasteiger partial charge in [0.15, 0.2) is 0 Å². The first-order valence-electron chi connectivity index (χ1n) is 5.71. The minimum atomic E-state index is 0.578. The predicted molar refractivity (Wildman–Crippen MR) is 67.1 cm³/mol. The van der Waals surface area contributed by atoms with Crippen molar-refractivity contribution in [1.29, 1.82) is 0 Å². The van der Waals surface area contributed by atoms with Crippen molar-refractivity contribution in [3.05, 3.63) is 47.3 Å². The van der Waals surface area contributed by atoms with Gasteiger partial charge in [-0.15, -0.1) is 0 Å². The molecule has 0 N–H and O–H groups in total. The Morgan fingerprint density at radius 2 is 1.69 bits per heavy atom. The molecule has 2 nitrogen and oxygen atoms in total. The molecule has 0 saturated carbocycles. The maximum absolute atomic E-state index is 4.38. The molecule has 2 aromatic rings. The Labute approximate surface area is 96.9 Å². The summed E-state index contributed by atoms with van der Waals surface area (Å²) in [6.45, 7) is 8.59. The fraction of sp³-hybridized carbons (Fsp3) is 0.357. The van der Waals surface area contributed by atoms with E-state index in [1.165, 1.54) is 16.8 Å². The summed E-state index contributed by atoms with van der Waals surface area (Å²) in [6, 6.07) is 8.62. The number of aryl methyl sites for hydroxylation is 1. The lowest BCUT2D eigenvalue weighted by Crippen LogP contribution is -1.99. The number of hydrogen-bond acceptors (Lipinski definition) is 1. The van der Waals surface area contributed by atoms with Crippen molar-refractivity contribution >= 4 is 0 Å². The third-order valence-corrected chi connectivity index (χ3v) is 3.06. The summed E-state index contributed by atoms with van der Waals surface area (Å²) in [5.41, 5.74) is 4.94. The minimum absolute atomic E-state index is 0.578. The van der Waals surface area contributed by atoms with E-state index in [4.69, 9.17) is 0 Å². The van der Waals surface area contributed by atoms with Crippen molar-refractivity contribution in [2.45, 2.75) is 33.6 Å². The molecule has 0 amide bonds. The van der Waals surface area contributed by atoms with Crippen LogP contribution in [0.2, 0.25) is 0 Å². The van der Waals surface area contributed by atoms with Crippen molar-refractivity contribution < 1.29 is 0 Å². The SMILES string of the molecule is Cc1cnn(-c2ccc(C(C)C)cc2)c1C. The third kappa shape index (κ3) is 1.87. The topological polar surface area (TPSA) is 17.8 Å². The van der Waals surface area contributed by atoms with Gasteiger partial charge in [0.2, 0.25) is 0 Å². The van der Waals surface area contributed by atoms with Gasteiger partial charge in [-0.1, -0.05) is 26.0 Å². The first kappa shape index (κ1) is 10.9. The molecule has 0 radical (unpaired) electrons. The van der Waals surface area contributed by atoms with Gasteiger partial charge in [0.1, 0.15) is 0 Å². The molecule has 0 atom stereocenters. The average Bonchev–Trinajstić information content (AvgIpc) is 2.60. The standard InChI is InChI=1S/C14H18N2/c1-10(2)13-5-7-14(8-6-13)16-12(4)11(3)9-15-16/h5-10H,1-4H3. The van der Waals surface area contributed by atoms with E-state index in [-0.39, 0.29) is 0 Å². The lowest BCUT2D eigenvalue weighted by molar-refractivity contribution is 0.835. The molecule has 0 aliphatic heterocycles. The first-order chi connectivity index (χ1) is 7.59. The van der Waals surface area contributed by atoms with Gasteiger partial charge in [-0.2, -0.15) is 5.10 Å². The van der Waals surface area contributed by atoms with Crippen LogP contribution >= 0.6 is 0 Å². The Morgan fingerprint density at radius 1 is 1.06 bits per heavy atom. The third-order valence-electron chi connectivity index (χ3n) is 3.06. The molecule has 0 aliphatic carbocycles. The molecule has 0 saturated heterocycles. The second-order valence-electron chi connectivity index (χ2n) is 4.57. The van der Waals surface area contributed by atoms with Crippen LogP contribution in [0.15, 0.2) is 30.5 Å². The van der Waals surface area contributed by atoms with E-state index in [9.17, 15) is 0 Å². The molecule has 1 aromatic heterocycles. The van der Waals surface area contributed by atoms with E-state index >= 15 is 0 Å². The van der Waals surface area contributed by atoms with E-state index < -0.39 is 0 Å². The van der Waals surface area contributed by atoms with Crippen LogP contribution in [0.4, 0.5) is 0 Å². The summed E-state index contributed by atoms with van der Waals surface area (Å²) < 4.78 is 1.99. The van der Waals surface area contributed by atoms with Gasteiger partial charge < -0.3 is 0 Å². The number of rotatable bonds is 2. The highest BCUT2D eigenvalue weighted by molar-refractivity contribution is 5.37. The summed E-state index contributed by atoms with van der Waals surface area (Å²) in [7, 11) is 0. The lowest BCUT2D eigenvalue weighted by Gasteiger charge is -2.08. The summed E-state index contributed by atoms with van der Waals surface area (Å²) in [4.78, 5) is 0.